The number of ether oxygens (including phenoxy) is 1. The van der Waals surface area contributed by atoms with Crippen LogP contribution < -0.4 is 5.32 Å². The van der Waals surface area contributed by atoms with Crippen LogP contribution in [0.5, 0.6) is 0 Å². The fourth-order valence-corrected chi connectivity index (χ4v) is 3.97. The molecule has 9 nitrogen and oxygen atoms in total. The topological polar surface area (TPSA) is 107 Å². The zero-order valence-corrected chi connectivity index (χ0v) is 16.6. The second-order valence-corrected chi connectivity index (χ2v) is 7.45. The van der Waals surface area contributed by atoms with Crippen molar-refractivity contribution in [3.8, 4) is 0 Å². The minimum Gasteiger partial charge on any atom is -0.479 e. The first kappa shape index (κ1) is 19.9. The van der Waals surface area contributed by atoms with E-state index in [-0.39, 0.29) is 23.9 Å². The van der Waals surface area contributed by atoms with E-state index in [1.54, 1.807) is 5.01 Å². The van der Waals surface area contributed by atoms with E-state index in [2.05, 4.69) is 20.3 Å². The molecule has 9 heteroatoms. The molecule has 1 amide bonds. The molecule has 158 valence electrons. The SMILES string of the molecule is O=C(O)COC1=NCC=C(N2CCC(C(=O)N3N=CC[C@H]3c3ccccc3)CC2)N1. The largest absolute Gasteiger partial charge is 0.479 e. The molecule has 1 saturated heterocycles. The molecule has 3 aliphatic rings. The van der Waals surface area contributed by atoms with Crippen LogP contribution in [0.3, 0.4) is 0 Å². The van der Waals surface area contributed by atoms with Crippen LogP contribution in [0.1, 0.15) is 30.9 Å². The molecule has 3 aliphatic heterocycles. The molecule has 4 rings (SSSR count). The fraction of sp³-hybridized carbons (Fsp3) is 0.429. The third-order valence-electron chi connectivity index (χ3n) is 5.51. The van der Waals surface area contributed by atoms with Crippen molar-refractivity contribution < 1.29 is 19.4 Å². The van der Waals surface area contributed by atoms with Gasteiger partial charge in [0.1, 0.15) is 5.82 Å². The second-order valence-electron chi connectivity index (χ2n) is 7.45. The van der Waals surface area contributed by atoms with Crippen LogP contribution in [0, 0.1) is 5.92 Å². The molecule has 0 aliphatic carbocycles. The Bertz CT molecular complexity index is 875. The molecule has 1 aromatic carbocycles. The van der Waals surface area contributed by atoms with E-state index in [9.17, 15) is 9.59 Å². The number of nitrogens with one attached hydrogen (secondary N) is 1. The number of amidine groups is 1. The summed E-state index contributed by atoms with van der Waals surface area (Å²) in [5.74, 6) is -0.191. The van der Waals surface area contributed by atoms with E-state index in [0.717, 1.165) is 43.7 Å². The standard InChI is InChI=1S/C21H25N5O4/c27-19(28)14-30-21-22-10-7-18(24-21)25-12-8-16(9-13-25)20(29)26-17(6-11-23-26)15-4-2-1-3-5-15/h1-5,7,11,16-17H,6,8-10,12-14H2,(H,22,24)(H,27,28)/t17-/m0/s1. The van der Waals surface area contributed by atoms with Crippen molar-refractivity contribution in [3.05, 3.63) is 47.8 Å². The van der Waals surface area contributed by atoms with Crippen molar-refractivity contribution in [3.63, 3.8) is 0 Å². The van der Waals surface area contributed by atoms with Crippen LogP contribution in [0.25, 0.3) is 0 Å². The van der Waals surface area contributed by atoms with E-state index in [0.29, 0.717) is 6.54 Å². The van der Waals surface area contributed by atoms with Gasteiger partial charge < -0.3 is 14.7 Å². The first-order chi connectivity index (χ1) is 14.6. The fourth-order valence-electron chi connectivity index (χ4n) is 3.97. The normalized spacial score (nSPS) is 21.7. The van der Waals surface area contributed by atoms with E-state index in [1.165, 1.54) is 0 Å². The Morgan fingerprint density at radius 2 is 1.97 bits per heavy atom. The van der Waals surface area contributed by atoms with Gasteiger partial charge in [-0.25, -0.2) is 14.8 Å². The summed E-state index contributed by atoms with van der Waals surface area (Å²) in [5.41, 5.74) is 1.10. The van der Waals surface area contributed by atoms with Gasteiger partial charge in [-0.2, -0.15) is 5.10 Å². The van der Waals surface area contributed by atoms with Crippen LogP contribution in [-0.2, 0) is 14.3 Å². The van der Waals surface area contributed by atoms with Crippen LogP contribution in [0.15, 0.2) is 52.3 Å². The Hall–Kier alpha value is -3.36. The van der Waals surface area contributed by atoms with Crippen LogP contribution in [0.2, 0.25) is 0 Å². The molecule has 0 spiro atoms. The van der Waals surface area contributed by atoms with Gasteiger partial charge in [0.25, 0.3) is 6.02 Å². The number of benzene rings is 1. The second kappa shape index (κ2) is 8.98. The predicted octanol–water partition coefficient (Wildman–Crippen LogP) is 1.56. The molecular weight excluding hydrogens is 386 g/mol. The Labute approximate surface area is 174 Å². The van der Waals surface area contributed by atoms with Crippen molar-refractivity contribution in [2.24, 2.45) is 16.0 Å². The molecular formula is C21H25N5O4. The molecule has 3 heterocycles. The summed E-state index contributed by atoms with van der Waals surface area (Å²) in [6.07, 6.45) is 5.96. The van der Waals surface area contributed by atoms with Crippen molar-refractivity contribution in [2.45, 2.75) is 25.3 Å². The van der Waals surface area contributed by atoms with E-state index in [1.807, 2.05) is 42.6 Å². The summed E-state index contributed by atoms with van der Waals surface area (Å²) in [6.45, 7) is 1.43. The average Bonchev–Trinajstić information content (AvgIpc) is 3.28. The minimum absolute atomic E-state index is 0.0235. The molecule has 0 saturated carbocycles. The van der Waals surface area contributed by atoms with Crippen LogP contribution >= 0.6 is 0 Å². The Kier molecular flexibility index (Phi) is 5.97. The number of likely N-dealkylation sites (tertiary alicyclic amines) is 1. The molecule has 0 aromatic heterocycles. The van der Waals surface area contributed by atoms with Crippen LogP contribution in [0.4, 0.5) is 0 Å². The highest BCUT2D eigenvalue weighted by Gasteiger charge is 2.35. The molecule has 1 fully saturated rings. The number of carbonyl (C=O) groups excluding carboxylic acids is 1. The van der Waals surface area contributed by atoms with Crippen molar-refractivity contribution in [2.75, 3.05) is 26.2 Å². The van der Waals surface area contributed by atoms with E-state index in [4.69, 9.17) is 9.84 Å². The molecule has 2 N–H and O–H groups in total. The number of amides is 1. The molecule has 0 unspecified atom stereocenters. The number of aliphatic carboxylic acids is 1. The lowest BCUT2D eigenvalue weighted by atomic mass is 9.94. The molecule has 0 bridgehead atoms. The average molecular weight is 411 g/mol. The highest BCUT2D eigenvalue weighted by Crippen LogP contribution is 2.32. The summed E-state index contributed by atoms with van der Waals surface area (Å²) in [7, 11) is 0. The Morgan fingerprint density at radius 1 is 1.20 bits per heavy atom. The van der Waals surface area contributed by atoms with Crippen molar-refractivity contribution in [1.82, 2.24) is 15.2 Å². The Morgan fingerprint density at radius 3 is 2.70 bits per heavy atom. The first-order valence-corrected chi connectivity index (χ1v) is 10.1. The number of piperidine rings is 1. The van der Waals surface area contributed by atoms with E-state index >= 15 is 0 Å². The van der Waals surface area contributed by atoms with Crippen molar-refractivity contribution >= 4 is 24.1 Å². The zero-order chi connectivity index (χ0) is 20.9. The zero-order valence-electron chi connectivity index (χ0n) is 16.6. The summed E-state index contributed by atoms with van der Waals surface area (Å²) >= 11 is 0. The number of nitrogens with zero attached hydrogens (tertiary/aromatic N) is 4. The number of aliphatic imine (C=N–C) groups is 1. The highest BCUT2D eigenvalue weighted by atomic mass is 16.5. The van der Waals surface area contributed by atoms with Gasteiger partial charge in [0, 0.05) is 31.6 Å². The number of hydrazone groups is 1. The predicted molar refractivity (Wildman–Crippen MR) is 111 cm³/mol. The van der Waals surface area contributed by atoms with Gasteiger partial charge in [0.15, 0.2) is 6.61 Å². The minimum atomic E-state index is -1.05. The summed E-state index contributed by atoms with van der Waals surface area (Å²) in [6, 6.07) is 10.2. The lowest BCUT2D eigenvalue weighted by Gasteiger charge is -2.36. The van der Waals surface area contributed by atoms with Gasteiger partial charge in [-0.1, -0.05) is 30.3 Å². The quantitative estimate of drug-likeness (QED) is 0.762. The van der Waals surface area contributed by atoms with Crippen molar-refractivity contribution in [1.29, 1.82) is 0 Å². The third kappa shape index (κ3) is 4.45. The van der Waals surface area contributed by atoms with Gasteiger partial charge >= 0.3 is 5.97 Å². The summed E-state index contributed by atoms with van der Waals surface area (Å²) in [5, 5.41) is 17.8. The van der Waals surface area contributed by atoms with Gasteiger partial charge in [-0.15, -0.1) is 0 Å². The maximum atomic E-state index is 13.1. The number of hydrogen-bond acceptors (Lipinski definition) is 7. The molecule has 1 aromatic rings. The maximum Gasteiger partial charge on any atom is 0.341 e. The van der Waals surface area contributed by atoms with E-state index < -0.39 is 12.6 Å². The lowest BCUT2D eigenvalue weighted by molar-refractivity contribution is -0.140. The maximum absolute atomic E-state index is 13.1. The monoisotopic (exact) mass is 411 g/mol. The summed E-state index contributed by atoms with van der Waals surface area (Å²) < 4.78 is 5.14. The smallest absolute Gasteiger partial charge is 0.341 e. The first-order valence-electron chi connectivity index (χ1n) is 10.1. The molecule has 0 radical (unpaired) electrons. The third-order valence-corrected chi connectivity index (χ3v) is 5.51. The van der Waals surface area contributed by atoms with Gasteiger partial charge in [0.05, 0.1) is 12.6 Å². The number of carboxylic acid groups (broad SMARTS) is 1. The summed E-state index contributed by atoms with van der Waals surface area (Å²) in [4.78, 5) is 30.1. The van der Waals surface area contributed by atoms with Gasteiger partial charge in [0.2, 0.25) is 5.91 Å². The number of rotatable bonds is 5. The molecule has 30 heavy (non-hydrogen) atoms. The highest BCUT2D eigenvalue weighted by molar-refractivity contribution is 5.82. The number of carbonyl (C=O) groups is 2. The molecule has 1 atom stereocenters. The van der Waals surface area contributed by atoms with Crippen LogP contribution in [-0.4, -0.2) is 65.4 Å². The number of hydrogen-bond donors (Lipinski definition) is 2. The lowest BCUT2D eigenvalue weighted by Crippen LogP contribution is -2.45. The Balaban J connectivity index is 1.31. The van der Waals surface area contributed by atoms with Gasteiger partial charge in [-0.3, -0.25) is 10.1 Å². The number of carboxylic acids is 1. The van der Waals surface area contributed by atoms with Gasteiger partial charge in [-0.05, 0) is 24.5 Å².